The summed E-state index contributed by atoms with van der Waals surface area (Å²) in [5, 5.41) is 1.56. The molecule has 0 aliphatic rings. The Morgan fingerprint density at radius 1 is 1.22 bits per heavy atom. The second-order valence-corrected chi connectivity index (χ2v) is 3.55. The van der Waals surface area contributed by atoms with Crippen LogP contribution in [0.25, 0.3) is 0 Å². The van der Waals surface area contributed by atoms with E-state index in [9.17, 15) is 0 Å². The summed E-state index contributed by atoms with van der Waals surface area (Å²) in [5.41, 5.74) is 2.98. The minimum atomic E-state index is 0. The van der Waals surface area contributed by atoms with Crippen LogP contribution < -0.4 is 0 Å². The average molecular weight is 171 g/mol. The first-order valence-electron chi connectivity index (χ1n) is 2.83. The summed E-state index contributed by atoms with van der Waals surface area (Å²) >= 11 is 0. The zero-order chi connectivity index (χ0) is 6.15. The number of aryl methyl sites for hydroxylation is 2. The van der Waals surface area contributed by atoms with Crippen LogP contribution in [0.5, 0.6) is 0 Å². The number of hydrogen-bond donors (Lipinski definition) is 0. The van der Waals surface area contributed by atoms with Crippen molar-refractivity contribution in [3.05, 3.63) is 22.2 Å². The van der Waals surface area contributed by atoms with E-state index in [0.29, 0.717) is 0 Å². The third-order valence-electron chi connectivity index (χ3n) is 1.66. The molecule has 9 heavy (non-hydrogen) atoms. The van der Waals surface area contributed by atoms with E-state index in [-0.39, 0.29) is 25.8 Å². The largest absolute Gasteiger partial charge is 0.136 e. The van der Waals surface area contributed by atoms with Crippen molar-refractivity contribution >= 4 is 8.19 Å². The van der Waals surface area contributed by atoms with Crippen LogP contribution >= 0.6 is 8.19 Å². The van der Waals surface area contributed by atoms with Gasteiger partial charge in [-0.05, 0) is 43.0 Å². The van der Waals surface area contributed by atoms with Crippen LogP contribution in [0.2, 0.25) is 0 Å². The van der Waals surface area contributed by atoms with E-state index in [4.69, 9.17) is 0 Å². The van der Waals surface area contributed by atoms with Gasteiger partial charge in [0.25, 0.3) is 0 Å². The van der Waals surface area contributed by atoms with Crippen LogP contribution in [-0.2, 0) is 25.8 Å². The van der Waals surface area contributed by atoms with Gasteiger partial charge in [0, 0.05) is 25.8 Å². The maximum atomic E-state index is 2.31. The molecule has 2 heteroatoms. The fourth-order valence-corrected chi connectivity index (χ4v) is 1.79. The first kappa shape index (κ1) is 9.65. The molecule has 0 saturated carbocycles. The Morgan fingerprint density at radius 2 is 1.78 bits per heavy atom. The van der Waals surface area contributed by atoms with Crippen LogP contribution in [-0.4, -0.2) is 0 Å². The van der Waals surface area contributed by atoms with Crippen LogP contribution in [0.3, 0.4) is 0 Å². The van der Waals surface area contributed by atoms with Gasteiger partial charge >= 0.3 is 0 Å². The van der Waals surface area contributed by atoms with E-state index in [1.165, 1.54) is 11.1 Å². The van der Waals surface area contributed by atoms with Gasteiger partial charge in [-0.1, -0.05) is 0 Å². The second kappa shape index (κ2) is 3.73. The summed E-state index contributed by atoms with van der Waals surface area (Å²) in [4.78, 5) is 0. The molecule has 1 radical (unpaired) electrons. The molecule has 1 unspecified atom stereocenters. The third-order valence-corrected chi connectivity index (χ3v) is 3.04. The van der Waals surface area contributed by atoms with Gasteiger partial charge in [0.2, 0.25) is 0 Å². The third kappa shape index (κ3) is 2.05. The van der Waals surface area contributed by atoms with Gasteiger partial charge in [0.1, 0.15) is 0 Å². The van der Waals surface area contributed by atoms with Gasteiger partial charge in [-0.3, -0.25) is 0 Å². The van der Waals surface area contributed by atoms with Crippen LogP contribution in [0.1, 0.15) is 16.4 Å². The molecule has 0 spiro atoms. The minimum Gasteiger partial charge on any atom is -0.136 e. The van der Waals surface area contributed by atoms with Gasteiger partial charge in [-0.15, -0.1) is 8.19 Å². The molecule has 47 valence electrons. The van der Waals surface area contributed by atoms with E-state index in [1.54, 1.807) is 5.30 Å². The van der Waals surface area contributed by atoms with Crippen LogP contribution in [0.4, 0.5) is 0 Å². The maximum absolute atomic E-state index is 2.31. The number of hydrogen-bond acceptors (Lipinski definition) is 0. The van der Waals surface area contributed by atoms with Crippen molar-refractivity contribution in [2.75, 3.05) is 0 Å². The SMILES string of the molecule is Cc1c[pH]c(C)c1C.[Sc]. The van der Waals surface area contributed by atoms with Crippen molar-refractivity contribution < 1.29 is 25.8 Å². The van der Waals surface area contributed by atoms with Gasteiger partial charge in [-0.25, -0.2) is 0 Å². The molecule has 1 heterocycles. The first-order valence-corrected chi connectivity index (χ1v) is 3.90. The molecule has 0 fully saturated rings. The Labute approximate surface area is 76.9 Å². The summed E-state index contributed by atoms with van der Waals surface area (Å²) in [5.74, 6) is 2.31. The molecule has 0 nitrogen and oxygen atoms in total. The molecule has 0 amide bonds. The molecular weight excluding hydrogens is 160 g/mol. The van der Waals surface area contributed by atoms with E-state index >= 15 is 0 Å². The van der Waals surface area contributed by atoms with E-state index < -0.39 is 0 Å². The minimum absolute atomic E-state index is 0. The summed E-state index contributed by atoms with van der Waals surface area (Å²) in [7, 11) is 0.961. The van der Waals surface area contributed by atoms with Crippen molar-refractivity contribution in [1.82, 2.24) is 0 Å². The van der Waals surface area contributed by atoms with Gasteiger partial charge in [-0.2, -0.15) is 0 Å². The molecule has 0 aliphatic heterocycles. The zero-order valence-electron chi connectivity index (χ0n) is 6.15. The molecule has 0 bridgehead atoms. The smallest absolute Gasteiger partial charge is 0 e. The molecule has 1 rings (SSSR count). The van der Waals surface area contributed by atoms with Crippen LogP contribution in [0.15, 0.2) is 5.80 Å². The Morgan fingerprint density at radius 3 is 1.89 bits per heavy atom. The molecule has 0 aliphatic carbocycles. The van der Waals surface area contributed by atoms with Crippen LogP contribution in [0, 0.1) is 20.8 Å². The Balaban J connectivity index is 0.000000640. The standard InChI is InChI=1S/C7H11P.Sc/c1-5-4-8-7(3)6(5)2;/h4,8H,1-3H3;. The normalized spacial score (nSPS) is 9.67. The molecule has 1 atom stereocenters. The van der Waals surface area contributed by atoms with Crippen molar-refractivity contribution in [2.45, 2.75) is 20.8 Å². The Hall–Kier alpha value is 0.650. The fraction of sp³-hybridized carbons (Fsp3) is 0.429. The van der Waals surface area contributed by atoms with E-state index in [0.717, 1.165) is 8.19 Å². The van der Waals surface area contributed by atoms with Gasteiger partial charge in [0.05, 0.1) is 0 Å². The summed E-state index contributed by atoms with van der Waals surface area (Å²) in [6.45, 7) is 6.58. The molecule has 1 aromatic heterocycles. The van der Waals surface area contributed by atoms with Gasteiger partial charge in [0.15, 0.2) is 0 Å². The van der Waals surface area contributed by atoms with Crippen molar-refractivity contribution in [3.63, 3.8) is 0 Å². The molecule has 0 N–H and O–H groups in total. The summed E-state index contributed by atoms with van der Waals surface area (Å²) < 4.78 is 0. The quantitative estimate of drug-likeness (QED) is 0.562. The van der Waals surface area contributed by atoms with Crippen molar-refractivity contribution in [1.29, 1.82) is 0 Å². The summed E-state index contributed by atoms with van der Waals surface area (Å²) in [6, 6.07) is 0. The Bertz CT molecular complexity index is 171. The predicted octanol–water partition coefficient (Wildman–Crippen LogP) is 2.64. The summed E-state index contributed by atoms with van der Waals surface area (Å²) in [6.07, 6.45) is 0. The molecule has 0 saturated heterocycles. The molecule has 0 aromatic carbocycles. The Kier molecular flexibility index (Phi) is 4.00. The maximum Gasteiger partial charge on any atom is 0 e. The van der Waals surface area contributed by atoms with Gasteiger partial charge < -0.3 is 0 Å². The van der Waals surface area contributed by atoms with E-state index in [2.05, 4.69) is 26.6 Å². The van der Waals surface area contributed by atoms with Crippen molar-refractivity contribution in [3.8, 4) is 0 Å². The first-order chi connectivity index (χ1) is 3.72. The average Bonchev–Trinajstić information content (AvgIpc) is 1.98. The zero-order valence-corrected chi connectivity index (χ0v) is 8.96. The molecular formula is C7H11PSc. The topological polar surface area (TPSA) is 0 Å². The number of rotatable bonds is 0. The van der Waals surface area contributed by atoms with Crippen molar-refractivity contribution in [2.24, 2.45) is 0 Å². The second-order valence-electron chi connectivity index (χ2n) is 2.22. The van der Waals surface area contributed by atoms with E-state index in [1.807, 2.05) is 0 Å². The predicted molar refractivity (Wildman–Crippen MR) is 40.2 cm³/mol. The monoisotopic (exact) mass is 171 g/mol. The molecule has 1 aromatic rings. The fourth-order valence-electron chi connectivity index (χ4n) is 0.729.